The number of allylic oxidation sites excluding steroid dienone is 1. The summed E-state index contributed by atoms with van der Waals surface area (Å²) in [4.78, 5) is 47.9. The van der Waals surface area contributed by atoms with Gasteiger partial charge in [0.25, 0.3) is 0 Å². The molecule has 0 unspecified atom stereocenters. The highest BCUT2D eigenvalue weighted by Crippen LogP contribution is 2.77. The maximum Gasteiger partial charge on any atom is 0.309 e. The number of ether oxygens (including phenoxy) is 1. The number of aromatic nitrogens is 2. The van der Waals surface area contributed by atoms with Crippen LogP contribution in [0.3, 0.4) is 0 Å². The first kappa shape index (κ1) is 45.6. The monoisotopic (exact) mass is 839 g/mol. The quantitative estimate of drug-likeness (QED) is 0.162. The van der Waals surface area contributed by atoms with Gasteiger partial charge in [-0.1, -0.05) is 77.1 Å². The second kappa shape index (κ2) is 15.7. The standard InChI is InChI=1S/C52H78N4O5/c1-33(2)35-21-26-52(44(58)54-48(7,8)43-53-37(34-17-15-14-16-18-34)32-56(43)30-29-55(12)13)28-27-50(10)36(42(35)52)19-20-39-49(9)24-23-40(61-41(57)31-46(3,4)45(59)60)47(5,6)38(49)22-25-51(39,50)11/h14-18,32,35-36,38-40,42H,1,19-31H2,2-13H3,(H,54,58)(H,59,60)/t35-,36+,38-,39+,40-,42+,49-,50+,51+,52-/m0/s1. The lowest BCUT2D eigenvalue weighted by molar-refractivity contribution is -0.249. The Bertz CT molecular complexity index is 2020. The van der Waals surface area contributed by atoms with Crippen LogP contribution in [-0.2, 0) is 31.2 Å². The lowest BCUT2D eigenvalue weighted by atomic mass is 9.32. The van der Waals surface area contributed by atoms with Crippen molar-refractivity contribution in [2.75, 3.05) is 20.6 Å². The van der Waals surface area contributed by atoms with E-state index in [1.165, 1.54) is 5.57 Å². The second-order valence-electron chi connectivity index (χ2n) is 23.4. The van der Waals surface area contributed by atoms with Gasteiger partial charge in [-0.15, -0.1) is 0 Å². The predicted octanol–water partition coefficient (Wildman–Crippen LogP) is 10.5. The Morgan fingerprint density at radius 2 is 1.59 bits per heavy atom. The number of carbonyl (C=O) groups is 3. The summed E-state index contributed by atoms with van der Waals surface area (Å²) in [5, 5.41) is 13.4. The summed E-state index contributed by atoms with van der Waals surface area (Å²) < 4.78 is 8.47. The van der Waals surface area contributed by atoms with Crippen molar-refractivity contribution in [1.82, 2.24) is 19.8 Å². The van der Waals surface area contributed by atoms with Crippen molar-refractivity contribution >= 4 is 17.8 Å². The molecule has 5 aliphatic carbocycles. The van der Waals surface area contributed by atoms with Crippen molar-refractivity contribution in [2.24, 2.45) is 62.1 Å². The van der Waals surface area contributed by atoms with E-state index in [1.54, 1.807) is 13.8 Å². The molecule has 5 saturated carbocycles. The number of hydrogen-bond acceptors (Lipinski definition) is 6. The lowest BCUT2D eigenvalue weighted by Gasteiger charge is -2.73. The normalized spacial score (nSPS) is 35.6. The van der Waals surface area contributed by atoms with E-state index in [9.17, 15) is 14.7 Å². The third kappa shape index (κ3) is 7.42. The average Bonchev–Trinajstić information content (AvgIpc) is 3.80. The van der Waals surface area contributed by atoms with Crippen LogP contribution < -0.4 is 5.32 Å². The molecule has 336 valence electrons. The third-order valence-electron chi connectivity index (χ3n) is 18.5. The van der Waals surface area contributed by atoms with Crippen LogP contribution in [0.15, 0.2) is 48.7 Å². The summed E-state index contributed by atoms with van der Waals surface area (Å²) in [5.41, 5.74) is 0.916. The molecule has 5 aliphatic rings. The van der Waals surface area contributed by atoms with Crippen molar-refractivity contribution in [1.29, 1.82) is 0 Å². The molecule has 2 aromatic rings. The number of esters is 1. The minimum Gasteiger partial charge on any atom is -0.481 e. The highest BCUT2D eigenvalue weighted by atomic mass is 16.5. The number of carboxylic acids is 1. The molecule has 0 radical (unpaired) electrons. The largest absolute Gasteiger partial charge is 0.481 e. The smallest absolute Gasteiger partial charge is 0.309 e. The number of rotatable bonds is 12. The highest BCUT2D eigenvalue weighted by Gasteiger charge is 2.72. The van der Waals surface area contributed by atoms with Gasteiger partial charge in [0.05, 0.1) is 28.5 Å². The number of nitrogens with one attached hydrogen (secondary N) is 1. The molecule has 0 saturated heterocycles. The molecule has 0 spiro atoms. The SMILES string of the molecule is C=C(C)[C@@H]1CC[C@]2(C(=O)NC(C)(C)c3nc(-c4ccccc4)cn3CCN(C)C)CC[C@]3(C)[C@H](CC[C@@H]4[C@@]5(C)CC[C@H](OC(=O)CC(C)(C)C(=O)O)C(C)(C)[C@@H]5CC[C@]43C)[C@@H]12. The molecular formula is C52H78N4O5. The van der Waals surface area contributed by atoms with E-state index in [0.29, 0.717) is 23.7 Å². The van der Waals surface area contributed by atoms with Gasteiger partial charge in [0.2, 0.25) is 5.91 Å². The van der Waals surface area contributed by atoms with Gasteiger partial charge in [0.1, 0.15) is 11.9 Å². The molecule has 9 heteroatoms. The summed E-state index contributed by atoms with van der Waals surface area (Å²) in [7, 11) is 4.19. The molecule has 1 amide bonds. The topological polar surface area (TPSA) is 114 Å². The van der Waals surface area contributed by atoms with Crippen molar-refractivity contribution in [3.05, 3.63) is 54.5 Å². The Hall–Kier alpha value is -3.46. The minimum atomic E-state index is -1.16. The Balaban J connectivity index is 1.16. The first-order chi connectivity index (χ1) is 28.3. The maximum atomic E-state index is 15.4. The van der Waals surface area contributed by atoms with Gasteiger partial charge in [-0.2, -0.15) is 0 Å². The minimum absolute atomic E-state index is 0.0643. The fraction of sp³-hybridized carbons (Fsp3) is 0.731. The molecule has 1 aromatic heterocycles. The van der Waals surface area contributed by atoms with E-state index in [-0.39, 0.29) is 46.0 Å². The Morgan fingerprint density at radius 3 is 2.23 bits per heavy atom. The van der Waals surface area contributed by atoms with Crippen LogP contribution in [0.1, 0.15) is 146 Å². The summed E-state index contributed by atoms with van der Waals surface area (Å²) in [6, 6.07) is 10.3. The average molecular weight is 839 g/mol. The molecule has 9 nitrogen and oxygen atoms in total. The van der Waals surface area contributed by atoms with Gasteiger partial charge < -0.3 is 24.6 Å². The molecule has 1 aromatic carbocycles. The van der Waals surface area contributed by atoms with Crippen LogP contribution in [0, 0.1) is 62.1 Å². The van der Waals surface area contributed by atoms with Crippen molar-refractivity contribution in [3.8, 4) is 11.3 Å². The summed E-state index contributed by atoms with van der Waals surface area (Å²) in [6.45, 7) is 28.3. The Kier molecular flexibility index (Phi) is 11.7. The van der Waals surface area contributed by atoms with Gasteiger partial charge in [-0.3, -0.25) is 14.4 Å². The fourth-order valence-electron chi connectivity index (χ4n) is 15.0. The number of carboxylic acid groups (broad SMARTS) is 1. The number of hydrogen-bond donors (Lipinski definition) is 2. The molecule has 7 rings (SSSR count). The summed E-state index contributed by atoms with van der Waals surface area (Å²) in [5.74, 6) is 1.56. The molecule has 0 bridgehead atoms. The van der Waals surface area contributed by atoms with Crippen LogP contribution in [-0.4, -0.2) is 64.1 Å². The van der Waals surface area contributed by atoms with E-state index < -0.39 is 28.3 Å². The van der Waals surface area contributed by atoms with Crippen LogP contribution in [0.5, 0.6) is 0 Å². The van der Waals surface area contributed by atoms with Crippen molar-refractivity contribution in [2.45, 2.75) is 158 Å². The van der Waals surface area contributed by atoms with Gasteiger partial charge >= 0.3 is 11.9 Å². The molecule has 0 aliphatic heterocycles. The number of nitrogens with zero attached hydrogens (tertiary/aromatic N) is 3. The zero-order valence-corrected chi connectivity index (χ0v) is 39.7. The van der Waals surface area contributed by atoms with E-state index in [4.69, 9.17) is 9.72 Å². The third-order valence-corrected chi connectivity index (χ3v) is 18.5. The summed E-state index contributed by atoms with van der Waals surface area (Å²) >= 11 is 0. The first-order valence-electron chi connectivity index (χ1n) is 23.5. The second-order valence-corrected chi connectivity index (χ2v) is 23.4. The van der Waals surface area contributed by atoms with Crippen LogP contribution in [0.4, 0.5) is 0 Å². The first-order valence-corrected chi connectivity index (χ1v) is 23.5. The molecule has 10 atom stereocenters. The molecular weight excluding hydrogens is 761 g/mol. The number of benzene rings is 1. The number of aliphatic carboxylic acids is 1. The van der Waals surface area contributed by atoms with Crippen LogP contribution in [0.2, 0.25) is 0 Å². The van der Waals surface area contributed by atoms with E-state index in [2.05, 4.69) is 109 Å². The van der Waals surface area contributed by atoms with Gasteiger partial charge in [0, 0.05) is 30.3 Å². The number of imidazole rings is 1. The predicted molar refractivity (Wildman–Crippen MR) is 242 cm³/mol. The lowest BCUT2D eigenvalue weighted by Crippen LogP contribution is -2.67. The number of amides is 1. The number of fused-ring (bicyclic) bond motifs is 7. The van der Waals surface area contributed by atoms with Gasteiger partial charge in [0.15, 0.2) is 0 Å². The van der Waals surface area contributed by atoms with Crippen molar-refractivity contribution in [3.63, 3.8) is 0 Å². The molecule has 61 heavy (non-hydrogen) atoms. The number of likely N-dealkylation sites (N-methyl/N-ethyl adjacent to an activating group) is 1. The Morgan fingerprint density at radius 1 is 0.902 bits per heavy atom. The highest BCUT2D eigenvalue weighted by molar-refractivity contribution is 5.85. The van der Waals surface area contributed by atoms with E-state index in [0.717, 1.165) is 94.4 Å². The molecule has 1 heterocycles. The maximum absolute atomic E-state index is 15.4. The molecule has 5 fully saturated rings. The van der Waals surface area contributed by atoms with Crippen LogP contribution >= 0.6 is 0 Å². The van der Waals surface area contributed by atoms with E-state index in [1.807, 2.05) is 18.2 Å². The van der Waals surface area contributed by atoms with Gasteiger partial charge in [-0.05, 0) is 159 Å². The number of carbonyl (C=O) groups excluding carboxylic acids is 2. The zero-order valence-electron chi connectivity index (χ0n) is 39.7. The molecule has 2 N–H and O–H groups in total. The van der Waals surface area contributed by atoms with Crippen molar-refractivity contribution < 1.29 is 24.2 Å². The summed E-state index contributed by atoms with van der Waals surface area (Å²) in [6.07, 6.45) is 11.9. The van der Waals surface area contributed by atoms with Gasteiger partial charge in [-0.25, -0.2) is 4.98 Å². The fourth-order valence-corrected chi connectivity index (χ4v) is 15.0. The Labute approximate surface area is 367 Å². The van der Waals surface area contributed by atoms with Crippen LogP contribution in [0.25, 0.3) is 11.3 Å². The zero-order chi connectivity index (χ0) is 44.7. The van der Waals surface area contributed by atoms with E-state index >= 15 is 4.79 Å².